The summed E-state index contributed by atoms with van der Waals surface area (Å²) in [6.07, 6.45) is -5.27. The van der Waals surface area contributed by atoms with E-state index in [0.717, 1.165) is 29.2 Å². The van der Waals surface area contributed by atoms with Crippen molar-refractivity contribution in [2.24, 2.45) is 0 Å². The lowest BCUT2D eigenvalue weighted by atomic mass is 9.95. The topological polar surface area (TPSA) is 123 Å². The first-order chi connectivity index (χ1) is 18.4. The Morgan fingerprint density at radius 1 is 1.05 bits per heavy atom. The quantitative estimate of drug-likeness (QED) is 0.179. The van der Waals surface area contributed by atoms with Crippen LogP contribution in [0.3, 0.4) is 0 Å². The predicted molar refractivity (Wildman–Crippen MR) is 133 cm³/mol. The molecule has 0 radical (unpaired) electrons. The van der Waals surface area contributed by atoms with Crippen molar-refractivity contribution in [2.75, 3.05) is 18.6 Å². The summed E-state index contributed by atoms with van der Waals surface area (Å²) in [5, 5.41) is 21.2. The molecule has 0 aliphatic carbocycles. The number of amides is 1. The van der Waals surface area contributed by atoms with Crippen LogP contribution >= 0.6 is 11.6 Å². The first kappa shape index (κ1) is 28.9. The van der Waals surface area contributed by atoms with Gasteiger partial charge in [-0.05, 0) is 36.4 Å². The summed E-state index contributed by atoms with van der Waals surface area (Å²) >= 11 is 5.87. The van der Waals surface area contributed by atoms with Crippen molar-refractivity contribution in [2.45, 2.75) is 18.2 Å². The summed E-state index contributed by atoms with van der Waals surface area (Å²) in [6.45, 7) is -0.504. The number of hydrogen-bond donors (Lipinski definition) is 0. The Hall–Kier alpha value is -4.63. The van der Waals surface area contributed by atoms with Gasteiger partial charge in [0.25, 0.3) is 5.91 Å². The van der Waals surface area contributed by atoms with Crippen LogP contribution in [0.5, 0.6) is 11.5 Å². The number of halogens is 4. The number of carbonyl (C=O) groups is 2. The van der Waals surface area contributed by atoms with Gasteiger partial charge in [0.2, 0.25) is 5.78 Å². The molecule has 13 heteroatoms. The number of likely N-dealkylation sites (N-methyl/N-ethyl adjacent to an activating group) is 1. The van der Waals surface area contributed by atoms with Crippen LogP contribution in [0.1, 0.15) is 12.0 Å². The Kier molecular flexibility index (Phi) is 8.78. The highest BCUT2D eigenvalue weighted by molar-refractivity contribution is 6.32. The lowest BCUT2D eigenvalue weighted by Crippen LogP contribution is -2.57. The minimum absolute atomic E-state index is 0.174. The van der Waals surface area contributed by atoms with E-state index in [2.05, 4.69) is 0 Å². The van der Waals surface area contributed by atoms with Gasteiger partial charge in [0, 0.05) is 25.2 Å². The zero-order chi connectivity index (χ0) is 28.8. The molecule has 3 aromatic rings. The van der Waals surface area contributed by atoms with Crippen LogP contribution in [0, 0.1) is 21.4 Å². The van der Waals surface area contributed by atoms with E-state index >= 15 is 0 Å². The number of para-hydroxylation sites is 3. The molecule has 0 saturated carbocycles. The number of Topliss-reactive ketones (excluding diaryl/α,β-unsaturated/α-hetero) is 1. The number of hydrogen-bond acceptors (Lipinski definition) is 7. The van der Waals surface area contributed by atoms with E-state index in [-0.39, 0.29) is 10.8 Å². The van der Waals surface area contributed by atoms with Crippen molar-refractivity contribution in [3.63, 3.8) is 0 Å². The zero-order valence-corrected chi connectivity index (χ0v) is 20.9. The fourth-order valence-electron chi connectivity index (χ4n) is 3.44. The second-order valence-corrected chi connectivity index (χ2v) is 8.39. The lowest BCUT2D eigenvalue weighted by Gasteiger charge is -2.29. The Labute approximate surface area is 225 Å². The zero-order valence-electron chi connectivity index (χ0n) is 20.1. The molecular weight excluding hydrogens is 543 g/mol. The Bertz CT molecular complexity index is 1430. The smallest absolute Gasteiger partial charge is 0.416 e. The average Bonchev–Trinajstić information content (AvgIpc) is 2.91. The molecule has 1 unspecified atom stereocenters. The number of nitro benzene ring substituents is 1. The maximum Gasteiger partial charge on any atom is 0.416 e. The Morgan fingerprint density at radius 3 is 2.28 bits per heavy atom. The van der Waals surface area contributed by atoms with Gasteiger partial charge in [0.15, 0.2) is 5.75 Å². The first-order valence-electron chi connectivity index (χ1n) is 11.1. The van der Waals surface area contributed by atoms with Gasteiger partial charge < -0.3 is 14.4 Å². The van der Waals surface area contributed by atoms with Gasteiger partial charge in [-0.3, -0.25) is 19.7 Å². The maximum absolute atomic E-state index is 13.6. The van der Waals surface area contributed by atoms with E-state index in [1.807, 2.05) is 0 Å². The molecule has 0 saturated heterocycles. The van der Waals surface area contributed by atoms with Crippen molar-refractivity contribution < 1.29 is 37.2 Å². The number of ether oxygens (including phenoxy) is 2. The number of rotatable bonds is 10. The number of benzene rings is 3. The van der Waals surface area contributed by atoms with Crippen molar-refractivity contribution >= 4 is 34.7 Å². The van der Waals surface area contributed by atoms with Crippen molar-refractivity contribution in [3.8, 4) is 17.6 Å². The van der Waals surface area contributed by atoms with Crippen LogP contribution < -0.4 is 14.4 Å². The van der Waals surface area contributed by atoms with Gasteiger partial charge in [-0.1, -0.05) is 41.9 Å². The molecular formula is C26H19ClF3N3O6. The molecule has 3 aromatic carbocycles. The van der Waals surface area contributed by atoms with Gasteiger partial charge in [0.05, 0.1) is 22.1 Å². The van der Waals surface area contributed by atoms with Crippen LogP contribution in [-0.4, -0.2) is 35.9 Å². The highest BCUT2D eigenvalue weighted by atomic mass is 35.5. The highest BCUT2D eigenvalue weighted by Crippen LogP contribution is 2.35. The molecule has 0 aromatic heterocycles. The second kappa shape index (κ2) is 11.8. The van der Waals surface area contributed by atoms with Gasteiger partial charge >= 0.3 is 17.5 Å². The number of nitrogens with zero attached hydrogens (tertiary/aromatic N) is 3. The third-order valence-electron chi connectivity index (χ3n) is 5.47. The minimum atomic E-state index is -4.63. The van der Waals surface area contributed by atoms with E-state index in [9.17, 15) is 38.1 Å². The first-order valence-corrected chi connectivity index (χ1v) is 11.5. The largest absolute Gasteiger partial charge is 0.492 e. The highest BCUT2D eigenvalue weighted by Gasteiger charge is 2.51. The fraction of sp³-hybridized carbons (Fsp3) is 0.192. The van der Waals surface area contributed by atoms with Crippen LogP contribution in [0.4, 0.5) is 24.5 Å². The van der Waals surface area contributed by atoms with E-state index < -0.39 is 58.4 Å². The standard InChI is InChI=1S/C26H19ClF3N3O6/c1-32(18-7-3-2-4-8-18)24(35)25(16-31,39-22-10-6-5-9-20(22)33(36)37)23(34)13-14-38-21-12-11-17(15-19(21)27)26(28,29)30/h2-12,15H,13-14H2,1H3. The van der Waals surface area contributed by atoms with Gasteiger partial charge in [-0.2, -0.15) is 18.4 Å². The number of nitriles is 1. The fourth-order valence-corrected chi connectivity index (χ4v) is 3.68. The second-order valence-electron chi connectivity index (χ2n) is 7.98. The molecule has 3 rings (SSSR count). The molecule has 1 amide bonds. The average molecular weight is 562 g/mol. The number of ketones is 1. The predicted octanol–water partition coefficient (Wildman–Crippen LogP) is 5.61. The molecule has 0 fully saturated rings. The molecule has 202 valence electrons. The molecule has 39 heavy (non-hydrogen) atoms. The van der Waals surface area contributed by atoms with Crippen LogP contribution in [0.15, 0.2) is 72.8 Å². The number of carbonyl (C=O) groups excluding carboxylic acids is 2. The Morgan fingerprint density at radius 2 is 1.69 bits per heavy atom. The molecule has 0 aliphatic heterocycles. The normalized spacial score (nSPS) is 12.5. The number of anilines is 1. The van der Waals surface area contributed by atoms with Gasteiger partial charge in [0.1, 0.15) is 11.8 Å². The van der Waals surface area contributed by atoms with Crippen LogP contribution in [0.25, 0.3) is 0 Å². The van der Waals surface area contributed by atoms with Crippen molar-refractivity contribution in [1.29, 1.82) is 5.26 Å². The molecule has 1 atom stereocenters. The van der Waals surface area contributed by atoms with Gasteiger partial charge in [-0.15, -0.1) is 0 Å². The van der Waals surface area contributed by atoms with E-state index in [4.69, 9.17) is 21.1 Å². The molecule has 0 bridgehead atoms. The summed E-state index contributed by atoms with van der Waals surface area (Å²) in [6, 6.07) is 16.8. The van der Waals surface area contributed by atoms with Crippen molar-refractivity contribution in [1.82, 2.24) is 0 Å². The van der Waals surface area contributed by atoms with Crippen molar-refractivity contribution in [3.05, 3.63) is 93.5 Å². The van der Waals surface area contributed by atoms with Gasteiger partial charge in [-0.25, -0.2) is 0 Å². The molecule has 0 spiro atoms. The summed E-state index contributed by atoms with van der Waals surface area (Å²) in [5.74, 6) is -2.92. The van der Waals surface area contributed by atoms with E-state index in [1.54, 1.807) is 24.3 Å². The monoisotopic (exact) mass is 561 g/mol. The SMILES string of the molecule is CN(C(=O)C(C#N)(Oc1ccccc1[N+](=O)[O-])C(=O)CCOc1ccc(C(F)(F)F)cc1Cl)c1ccccc1. The summed E-state index contributed by atoms with van der Waals surface area (Å²) in [5.41, 5.74) is -4.17. The molecule has 9 nitrogen and oxygen atoms in total. The summed E-state index contributed by atoms with van der Waals surface area (Å²) < 4.78 is 49.5. The maximum atomic E-state index is 13.6. The molecule has 0 aliphatic rings. The van der Waals surface area contributed by atoms with E-state index in [1.165, 1.54) is 31.3 Å². The third kappa shape index (κ3) is 6.45. The third-order valence-corrected chi connectivity index (χ3v) is 5.77. The molecule has 0 heterocycles. The molecule has 0 N–H and O–H groups in total. The van der Waals surface area contributed by atoms with E-state index in [0.29, 0.717) is 11.8 Å². The van der Waals surface area contributed by atoms with Crippen LogP contribution in [0.2, 0.25) is 5.02 Å². The summed E-state index contributed by atoms with van der Waals surface area (Å²) in [4.78, 5) is 38.6. The lowest BCUT2D eigenvalue weighted by molar-refractivity contribution is -0.386. The minimum Gasteiger partial charge on any atom is -0.492 e. The Balaban J connectivity index is 1.92. The summed E-state index contributed by atoms with van der Waals surface area (Å²) in [7, 11) is 1.29. The van der Waals surface area contributed by atoms with Crippen LogP contribution in [-0.2, 0) is 15.8 Å². The number of nitro groups is 1. The number of alkyl halides is 3.